The Bertz CT molecular complexity index is 395. The first-order valence-electron chi connectivity index (χ1n) is 4.18. The van der Waals surface area contributed by atoms with E-state index >= 15 is 0 Å². The zero-order valence-corrected chi connectivity index (χ0v) is 8.80. The number of aryl methyl sites for hydroxylation is 2. The fourth-order valence-electron chi connectivity index (χ4n) is 1.14. The number of aliphatic carboxylic acids is 1. The van der Waals surface area contributed by atoms with E-state index in [-0.39, 0.29) is 0 Å². The summed E-state index contributed by atoms with van der Waals surface area (Å²) < 4.78 is 0. The molecule has 0 aromatic heterocycles. The Labute approximate surface area is 87.8 Å². The SMILES string of the molecule is Cc1cc(C=CC(=O)O)c(C)cc1Cl. The van der Waals surface area contributed by atoms with E-state index < -0.39 is 5.97 Å². The molecule has 0 aliphatic carbocycles. The van der Waals surface area contributed by atoms with Crippen LogP contribution in [0, 0.1) is 13.8 Å². The fourth-order valence-corrected chi connectivity index (χ4v) is 1.36. The smallest absolute Gasteiger partial charge is 0.328 e. The molecule has 1 aromatic carbocycles. The predicted molar refractivity (Wildman–Crippen MR) is 57.6 cm³/mol. The Balaban J connectivity index is 3.10. The minimum absolute atomic E-state index is 0.704. The Kier molecular flexibility index (Phi) is 3.31. The topological polar surface area (TPSA) is 37.3 Å². The van der Waals surface area contributed by atoms with Crippen LogP contribution in [0.3, 0.4) is 0 Å². The van der Waals surface area contributed by atoms with Gasteiger partial charge >= 0.3 is 5.97 Å². The van der Waals surface area contributed by atoms with Gasteiger partial charge in [0.25, 0.3) is 0 Å². The van der Waals surface area contributed by atoms with Crippen molar-refractivity contribution in [1.82, 2.24) is 0 Å². The molecular weight excluding hydrogens is 200 g/mol. The first-order valence-corrected chi connectivity index (χ1v) is 4.56. The van der Waals surface area contributed by atoms with E-state index in [0.717, 1.165) is 22.8 Å². The summed E-state index contributed by atoms with van der Waals surface area (Å²) in [5.74, 6) is -0.947. The second kappa shape index (κ2) is 4.29. The van der Waals surface area contributed by atoms with Crippen molar-refractivity contribution in [2.45, 2.75) is 13.8 Å². The molecule has 0 bridgehead atoms. The molecule has 0 aliphatic heterocycles. The Hall–Kier alpha value is -1.28. The second-order valence-corrected chi connectivity index (χ2v) is 3.54. The molecule has 0 aliphatic rings. The Morgan fingerprint density at radius 3 is 2.57 bits per heavy atom. The number of carboxylic acids is 1. The molecule has 0 unspecified atom stereocenters. The second-order valence-electron chi connectivity index (χ2n) is 3.13. The van der Waals surface area contributed by atoms with Crippen LogP contribution in [0.25, 0.3) is 6.08 Å². The molecule has 74 valence electrons. The van der Waals surface area contributed by atoms with Crippen molar-refractivity contribution in [3.05, 3.63) is 39.9 Å². The lowest BCUT2D eigenvalue weighted by Gasteiger charge is -2.03. The van der Waals surface area contributed by atoms with Crippen molar-refractivity contribution in [3.8, 4) is 0 Å². The molecule has 0 atom stereocenters. The zero-order chi connectivity index (χ0) is 10.7. The summed E-state index contributed by atoms with van der Waals surface area (Å²) in [6.07, 6.45) is 2.69. The van der Waals surface area contributed by atoms with Crippen LogP contribution in [-0.2, 0) is 4.79 Å². The maximum atomic E-state index is 10.3. The molecule has 1 N–H and O–H groups in total. The predicted octanol–water partition coefficient (Wildman–Crippen LogP) is 3.05. The molecule has 14 heavy (non-hydrogen) atoms. The molecule has 0 heterocycles. The molecule has 0 saturated heterocycles. The molecule has 0 fully saturated rings. The highest BCUT2D eigenvalue weighted by Crippen LogP contribution is 2.21. The quantitative estimate of drug-likeness (QED) is 0.762. The highest BCUT2D eigenvalue weighted by atomic mass is 35.5. The molecular formula is C11H11ClO2. The van der Waals surface area contributed by atoms with Gasteiger partial charge in [0.05, 0.1) is 0 Å². The first-order chi connectivity index (χ1) is 6.50. The lowest BCUT2D eigenvalue weighted by molar-refractivity contribution is -0.131. The number of hydrogen-bond acceptors (Lipinski definition) is 1. The molecule has 0 radical (unpaired) electrons. The van der Waals surface area contributed by atoms with Crippen molar-refractivity contribution in [3.63, 3.8) is 0 Å². The van der Waals surface area contributed by atoms with Gasteiger partial charge in [-0.05, 0) is 42.7 Å². The summed E-state index contributed by atoms with van der Waals surface area (Å²) in [7, 11) is 0. The Morgan fingerprint density at radius 1 is 1.36 bits per heavy atom. The monoisotopic (exact) mass is 210 g/mol. The van der Waals surface area contributed by atoms with Gasteiger partial charge in [-0.1, -0.05) is 17.7 Å². The lowest BCUT2D eigenvalue weighted by atomic mass is 10.1. The summed E-state index contributed by atoms with van der Waals surface area (Å²) >= 11 is 5.91. The number of hydrogen-bond donors (Lipinski definition) is 1. The van der Waals surface area contributed by atoms with E-state index in [1.54, 1.807) is 6.08 Å². The largest absolute Gasteiger partial charge is 0.478 e. The third-order valence-electron chi connectivity index (χ3n) is 1.95. The highest BCUT2D eigenvalue weighted by Gasteiger charge is 2.00. The number of rotatable bonds is 2. The van der Waals surface area contributed by atoms with E-state index in [4.69, 9.17) is 16.7 Å². The standard InChI is InChI=1S/C11H11ClO2/c1-7-6-10(12)8(2)5-9(7)3-4-11(13)14/h3-6H,1-2H3,(H,13,14). The van der Waals surface area contributed by atoms with Crippen LogP contribution in [0.1, 0.15) is 16.7 Å². The van der Waals surface area contributed by atoms with Crippen LogP contribution < -0.4 is 0 Å². The van der Waals surface area contributed by atoms with E-state index in [2.05, 4.69) is 0 Å². The third-order valence-corrected chi connectivity index (χ3v) is 2.36. The van der Waals surface area contributed by atoms with Crippen molar-refractivity contribution in [2.24, 2.45) is 0 Å². The maximum absolute atomic E-state index is 10.3. The van der Waals surface area contributed by atoms with Gasteiger partial charge in [-0.3, -0.25) is 0 Å². The average molecular weight is 211 g/mol. The van der Waals surface area contributed by atoms with Gasteiger partial charge in [0.15, 0.2) is 0 Å². The molecule has 3 heteroatoms. The van der Waals surface area contributed by atoms with Crippen LogP contribution in [0.5, 0.6) is 0 Å². The van der Waals surface area contributed by atoms with Crippen molar-refractivity contribution in [1.29, 1.82) is 0 Å². The fraction of sp³-hybridized carbons (Fsp3) is 0.182. The van der Waals surface area contributed by atoms with E-state index in [1.807, 2.05) is 26.0 Å². The maximum Gasteiger partial charge on any atom is 0.328 e. The first kappa shape index (κ1) is 10.8. The summed E-state index contributed by atoms with van der Waals surface area (Å²) in [6, 6.07) is 3.70. The summed E-state index contributed by atoms with van der Waals surface area (Å²) in [4.78, 5) is 10.3. The van der Waals surface area contributed by atoms with Gasteiger partial charge in [-0.15, -0.1) is 0 Å². The van der Waals surface area contributed by atoms with Crippen LogP contribution in [0.2, 0.25) is 5.02 Å². The van der Waals surface area contributed by atoms with Crippen molar-refractivity contribution < 1.29 is 9.90 Å². The average Bonchev–Trinajstić information content (AvgIpc) is 2.09. The molecule has 0 saturated carbocycles. The van der Waals surface area contributed by atoms with Crippen molar-refractivity contribution >= 4 is 23.6 Å². The molecule has 1 aromatic rings. The third kappa shape index (κ3) is 2.60. The van der Waals surface area contributed by atoms with E-state index in [9.17, 15) is 4.79 Å². The van der Waals surface area contributed by atoms with Crippen LogP contribution >= 0.6 is 11.6 Å². The number of halogens is 1. The number of carboxylic acid groups (broad SMARTS) is 1. The van der Waals surface area contributed by atoms with Crippen LogP contribution in [0.4, 0.5) is 0 Å². The van der Waals surface area contributed by atoms with Gasteiger partial charge in [-0.2, -0.15) is 0 Å². The van der Waals surface area contributed by atoms with Gasteiger partial charge in [0.1, 0.15) is 0 Å². The van der Waals surface area contributed by atoms with Crippen LogP contribution in [-0.4, -0.2) is 11.1 Å². The normalized spacial score (nSPS) is 10.8. The summed E-state index contributed by atoms with van der Waals surface area (Å²) in [5.41, 5.74) is 2.80. The van der Waals surface area contributed by atoms with E-state index in [0.29, 0.717) is 5.02 Å². The minimum atomic E-state index is -0.947. The minimum Gasteiger partial charge on any atom is -0.478 e. The highest BCUT2D eigenvalue weighted by molar-refractivity contribution is 6.31. The zero-order valence-electron chi connectivity index (χ0n) is 8.04. The lowest BCUT2D eigenvalue weighted by Crippen LogP contribution is -1.88. The van der Waals surface area contributed by atoms with Gasteiger partial charge in [-0.25, -0.2) is 4.79 Å². The molecule has 0 spiro atoms. The molecule has 0 amide bonds. The Morgan fingerprint density at radius 2 is 2.00 bits per heavy atom. The van der Waals surface area contributed by atoms with Gasteiger partial charge in [0, 0.05) is 11.1 Å². The molecule has 2 nitrogen and oxygen atoms in total. The van der Waals surface area contributed by atoms with Crippen LogP contribution in [0.15, 0.2) is 18.2 Å². The summed E-state index contributed by atoms with van der Waals surface area (Å²) in [6.45, 7) is 3.78. The summed E-state index contributed by atoms with van der Waals surface area (Å²) in [5, 5.41) is 9.18. The van der Waals surface area contributed by atoms with Gasteiger partial charge in [0.2, 0.25) is 0 Å². The van der Waals surface area contributed by atoms with Gasteiger partial charge < -0.3 is 5.11 Å². The molecule has 1 rings (SSSR count). The number of carbonyl (C=O) groups is 1. The van der Waals surface area contributed by atoms with E-state index in [1.165, 1.54) is 0 Å². The number of benzene rings is 1. The van der Waals surface area contributed by atoms with Crippen molar-refractivity contribution in [2.75, 3.05) is 0 Å².